The van der Waals surface area contributed by atoms with Crippen LogP contribution in [0, 0.1) is 5.82 Å². The highest BCUT2D eigenvalue weighted by Crippen LogP contribution is 2.29. The summed E-state index contributed by atoms with van der Waals surface area (Å²) in [6.07, 6.45) is 0. The number of hydrogen-bond donors (Lipinski definition) is 2. The van der Waals surface area contributed by atoms with Crippen LogP contribution in [0.1, 0.15) is 12.5 Å². The van der Waals surface area contributed by atoms with E-state index in [0.29, 0.717) is 17.1 Å². The van der Waals surface area contributed by atoms with Crippen molar-refractivity contribution in [3.8, 4) is 0 Å². The van der Waals surface area contributed by atoms with Crippen molar-refractivity contribution < 1.29 is 9.60 Å². The SMILES string of the molecule is CCN(c1cccc(F)c1)c1ccc(C(N)=NO)c(Cl)c1. The summed E-state index contributed by atoms with van der Waals surface area (Å²) in [5.41, 5.74) is 7.50. The van der Waals surface area contributed by atoms with Gasteiger partial charge in [-0.05, 0) is 43.3 Å². The lowest BCUT2D eigenvalue weighted by Crippen LogP contribution is -2.17. The Kier molecular flexibility index (Phi) is 4.65. The Labute approximate surface area is 127 Å². The molecule has 110 valence electrons. The number of amidine groups is 1. The lowest BCUT2D eigenvalue weighted by molar-refractivity contribution is 0.318. The molecule has 6 heteroatoms. The van der Waals surface area contributed by atoms with Gasteiger partial charge in [-0.3, -0.25) is 0 Å². The number of benzene rings is 2. The van der Waals surface area contributed by atoms with Crippen LogP contribution in [0.3, 0.4) is 0 Å². The number of nitrogens with two attached hydrogens (primary N) is 1. The molecule has 0 saturated heterocycles. The summed E-state index contributed by atoms with van der Waals surface area (Å²) >= 11 is 6.15. The summed E-state index contributed by atoms with van der Waals surface area (Å²) in [6.45, 7) is 2.60. The number of nitrogens with zero attached hydrogens (tertiary/aromatic N) is 2. The molecule has 21 heavy (non-hydrogen) atoms. The Hall–Kier alpha value is -2.27. The van der Waals surface area contributed by atoms with Gasteiger partial charge >= 0.3 is 0 Å². The quantitative estimate of drug-likeness (QED) is 0.391. The minimum absolute atomic E-state index is 0.0552. The van der Waals surface area contributed by atoms with E-state index in [1.165, 1.54) is 12.1 Å². The molecule has 4 nitrogen and oxygen atoms in total. The van der Waals surface area contributed by atoms with Crippen LogP contribution in [0.2, 0.25) is 5.02 Å². The maximum Gasteiger partial charge on any atom is 0.171 e. The molecule has 0 heterocycles. The second kappa shape index (κ2) is 6.45. The number of halogens is 2. The molecule has 0 atom stereocenters. The third kappa shape index (κ3) is 3.25. The fourth-order valence-corrected chi connectivity index (χ4v) is 2.36. The molecular formula is C15H15ClFN3O. The molecular weight excluding hydrogens is 293 g/mol. The van der Waals surface area contributed by atoms with Crippen LogP contribution < -0.4 is 10.6 Å². The van der Waals surface area contributed by atoms with Gasteiger partial charge in [-0.2, -0.15) is 0 Å². The van der Waals surface area contributed by atoms with Gasteiger partial charge in [0.25, 0.3) is 0 Å². The monoisotopic (exact) mass is 307 g/mol. The van der Waals surface area contributed by atoms with Crippen LogP contribution in [0.15, 0.2) is 47.6 Å². The van der Waals surface area contributed by atoms with Crippen molar-refractivity contribution >= 4 is 28.8 Å². The van der Waals surface area contributed by atoms with Crippen LogP contribution in [-0.4, -0.2) is 17.6 Å². The van der Waals surface area contributed by atoms with Gasteiger partial charge in [-0.15, -0.1) is 0 Å². The second-order valence-corrected chi connectivity index (χ2v) is 4.78. The van der Waals surface area contributed by atoms with E-state index in [1.54, 1.807) is 24.3 Å². The third-order valence-electron chi connectivity index (χ3n) is 3.08. The first-order valence-electron chi connectivity index (χ1n) is 6.37. The van der Waals surface area contributed by atoms with Crippen molar-refractivity contribution in [2.45, 2.75) is 6.92 Å². The molecule has 0 aliphatic rings. The highest BCUT2D eigenvalue weighted by Gasteiger charge is 2.12. The van der Waals surface area contributed by atoms with E-state index < -0.39 is 0 Å². The minimum Gasteiger partial charge on any atom is -0.409 e. The van der Waals surface area contributed by atoms with Gasteiger partial charge in [0.1, 0.15) is 5.82 Å². The molecule has 0 aromatic heterocycles. The van der Waals surface area contributed by atoms with Crippen LogP contribution in [0.4, 0.5) is 15.8 Å². The molecule has 3 N–H and O–H groups in total. The van der Waals surface area contributed by atoms with E-state index in [-0.39, 0.29) is 11.7 Å². The van der Waals surface area contributed by atoms with Gasteiger partial charge in [0.15, 0.2) is 5.84 Å². The molecule has 2 aromatic carbocycles. The molecule has 0 aliphatic heterocycles. The first-order chi connectivity index (χ1) is 10.1. The van der Waals surface area contributed by atoms with Crippen molar-refractivity contribution in [1.29, 1.82) is 0 Å². The summed E-state index contributed by atoms with van der Waals surface area (Å²) in [5, 5.41) is 12.0. The topological polar surface area (TPSA) is 61.8 Å². The van der Waals surface area contributed by atoms with Gasteiger partial charge in [-0.25, -0.2) is 4.39 Å². The first-order valence-corrected chi connectivity index (χ1v) is 6.75. The van der Waals surface area contributed by atoms with Crippen LogP contribution in [0.25, 0.3) is 0 Å². The van der Waals surface area contributed by atoms with Gasteiger partial charge < -0.3 is 15.8 Å². The van der Waals surface area contributed by atoms with Crippen molar-refractivity contribution in [2.75, 3.05) is 11.4 Å². The van der Waals surface area contributed by atoms with E-state index in [2.05, 4.69) is 5.16 Å². The number of anilines is 2. The first kappa shape index (κ1) is 15.1. The number of rotatable bonds is 4. The minimum atomic E-state index is -0.301. The zero-order chi connectivity index (χ0) is 15.4. The highest BCUT2D eigenvalue weighted by atomic mass is 35.5. The molecule has 0 fully saturated rings. The predicted octanol–water partition coefficient (Wildman–Crippen LogP) is 3.73. The van der Waals surface area contributed by atoms with Crippen LogP contribution in [0.5, 0.6) is 0 Å². The lowest BCUT2D eigenvalue weighted by atomic mass is 10.1. The summed E-state index contributed by atoms with van der Waals surface area (Å²) < 4.78 is 13.4. The Balaban J connectivity index is 2.42. The van der Waals surface area contributed by atoms with Crippen molar-refractivity contribution in [3.63, 3.8) is 0 Å². The van der Waals surface area contributed by atoms with E-state index >= 15 is 0 Å². The molecule has 0 bridgehead atoms. The fourth-order valence-electron chi connectivity index (χ4n) is 2.09. The predicted molar refractivity (Wildman–Crippen MR) is 83.0 cm³/mol. The standard InChI is InChI=1S/C15H15ClFN3O/c1-2-20(11-5-3-4-10(17)8-11)12-6-7-13(14(16)9-12)15(18)19-21/h3-9,21H,2H2,1H3,(H2,18,19). The van der Waals surface area contributed by atoms with Crippen molar-refractivity contribution in [3.05, 3.63) is 58.9 Å². The largest absolute Gasteiger partial charge is 0.409 e. The second-order valence-electron chi connectivity index (χ2n) is 4.37. The molecule has 0 spiro atoms. The molecule has 0 radical (unpaired) electrons. The highest BCUT2D eigenvalue weighted by molar-refractivity contribution is 6.34. The zero-order valence-electron chi connectivity index (χ0n) is 11.4. The Morgan fingerprint density at radius 1 is 1.29 bits per heavy atom. The molecule has 2 aromatic rings. The van der Waals surface area contributed by atoms with Crippen molar-refractivity contribution in [2.24, 2.45) is 10.9 Å². The molecule has 0 unspecified atom stereocenters. The summed E-state index contributed by atoms with van der Waals surface area (Å²) in [5.74, 6) is -0.356. The summed E-state index contributed by atoms with van der Waals surface area (Å²) in [4.78, 5) is 1.91. The van der Waals surface area contributed by atoms with Crippen LogP contribution >= 0.6 is 11.6 Å². The van der Waals surface area contributed by atoms with Crippen LogP contribution in [-0.2, 0) is 0 Å². The van der Waals surface area contributed by atoms with Crippen molar-refractivity contribution in [1.82, 2.24) is 0 Å². The van der Waals surface area contributed by atoms with Gasteiger partial charge in [-0.1, -0.05) is 22.8 Å². The Morgan fingerprint density at radius 3 is 2.57 bits per heavy atom. The van der Waals surface area contributed by atoms with Gasteiger partial charge in [0.05, 0.1) is 5.02 Å². The maximum absolute atomic E-state index is 13.4. The summed E-state index contributed by atoms with van der Waals surface area (Å²) in [7, 11) is 0. The van der Waals surface area contributed by atoms with Gasteiger partial charge in [0, 0.05) is 23.5 Å². The number of hydrogen-bond acceptors (Lipinski definition) is 3. The van der Waals surface area contributed by atoms with E-state index in [4.69, 9.17) is 22.5 Å². The van der Waals surface area contributed by atoms with Gasteiger partial charge in [0.2, 0.25) is 0 Å². The summed E-state index contributed by atoms with van der Waals surface area (Å²) in [6, 6.07) is 11.5. The fraction of sp³-hybridized carbons (Fsp3) is 0.133. The Morgan fingerprint density at radius 2 is 2.00 bits per heavy atom. The molecule has 0 saturated carbocycles. The van der Waals surface area contributed by atoms with E-state index in [9.17, 15) is 4.39 Å². The maximum atomic E-state index is 13.4. The zero-order valence-corrected chi connectivity index (χ0v) is 12.2. The third-order valence-corrected chi connectivity index (χ3v) is 3.40. The normalized spacial score (nSPS) is 11.5. The molecule has 0 amide bonds. The molecule has 2 rings (SSSR count). The average Bonchev–Trinajstić information content (AvgIpc) is 2.47. The number of oxime groups is 1. The smallest absolute Gasteiger partial charge is 0.171 e. The Bertz CT molecular complexity index is 676. The molecule has 0 aliphatic carbocycles. The van der Waals surface area contributed by atoms with E-state index in [1.807, 2.05) is 17.9 Å². The van der Waals surface area contributed by atoms with E-state index in [0.717, 1.165) is 11.4 Å². The average molecular weight is 308 g/mol. The lowest BCUT2D eigenvalue weighted by Gasteiger charge is -2.24.